The Morgan fingerprint density at radius 1 is 0.921 bits per heavy atom. The number of carbonyl (C=O) groups excluding carboxylic acids is 2. The van der Waals surface area contributed by atoms with Gasteiger partial charge in [0, 0.05) is 0 Å². The van der Waals surface area contributed by atoms with Gasteiger partial charge in [-0.3, -0.25) is 0 Å². The van der Waals surface area contributed by atoms with E-state index in [0.717, 1.165) is 15.9 Å². The molecule has 0 saturated carbocycles. The topological polar surface area (TPSA) is 91.3 Å². The number of hydrogen-bond donors (Lipinski definition) is 1. The van der Waals surface area contributed by atoms with Crippen LogP contribution in [0, 0.1) is 0 Å². The summed E-state index contributed by atoms with van der Waals surface area (Å²) in [5.41, 5.74) is -1.27. The summed E-state index contributed by atoms with van der Waals surface area (Å²) in [4.78, 5) is 25.2. The molecule has 0 bridgehead atoms. The number of cyclic esters (lactones) is 1. The first kappa shape index (κ1) is 27.6. The molecule has 0 radical (unpaired) electrons. The van der Waals surface area contributed by atoms with Gasteiger partial charge in [0.2, 0.25) is 0 Å². The van der Waals surface area contributed by atoms with Gasteiger partial charge in [0.15, 0.2) is 17.8 Å². The van der Waals surface area contributed by atoms with E-state index in [1.165, 1.54) is 6.92 Å². The minimum atomic E-state index is -2.96. The average Bonchev–Trinajstić information content (AvgIpc) is 3.11. The molecule has 1 fully saturated rings. The van der Waals surface area contributed by atoms with Crippen molar-refractivity contribution in [2.45, 2.75) is 57.1 Å². The molecule has 1 aliphatic rings. The van der Waals surface area contributed by atoms with E-state index in [1.54, 1.807) is 0 Å². The van der Waals surface area contributed by atoms with Crippen LogP contribution in [-0.2, 0) is 30.0 Å². The number of aliphatic hydroxyl groups is 1. The summed E-state index contributed by atoms with van der Waals surface area (Å²) in [6.45, 7) is 7.58. The fourth-order valence-corrected chi connectivity index (χ4v) is 9.50. The Morgan fingerprint density at radius 3 is 1.92 bits per heavy atom. The van der Waals surface area contributed by atoms with Crippen LogP contribution in [0.5, 0.6) is 0 Å². The average molecular weight is 535 g/mol. The maximum Gasteiger partial charge on any atom is 0.509 e. The van der Waals surface area contributed by atoms with Gasteiger partial charge in [0.05, 0.1) is 6.61 Å². The quantitative estimate of drug-likeness (QED) is 0.346. The number of hydrogen-bond acceptors (Lipinski definition) is 7. The van der Waals surface area contributed by atoms with Crippen molar-refractivity contribution < 1.29 is 33.3 Å². The van der Waals surface area contributed by atoms with E-state index >= 15 is 0 Å². The molecule has 3 atom stereocenters. The van der Waals surface area contributed by atoms with Crippen molar-refractivity contribution in [1.82, 2.24) is 0 Å². The van der Waals surface area contributed by atoms with Crippen molar-refractivity contribution >= 4 is 30.8 Å². The van der Waals surface area contributed by atoms with Gasteiger partial charge in [-0.05, 0) is 27.9 Å². The third-order valence-corrected chi connectivity index (χ3v) is 11.9. The molecule has 1 N–H and O–H groups in total. The van der Waals surface area contributed by atoms with Crippen LogP contribution in [0.1, 0.15) is 33.3 Å². The summed E-state index contributed by atoms with van der Waals surface area (Å²) in [7, 11) is -2.96. The second-order valence-corrected chi connectivity index (χ2v) is 14.9. The van der Waals surface area contributed by atoms with E-state index in [4.69, 9.17) is 18.6 Å². The largest absolute Gasteiger partial charge is 0.509 e. The monoisotopic (exact) mass is 534 g/mol. The molecule has 8 heteroatoms. The zero-order chi connectivity index (χ0) is 27.4. The maximum atomic E-state index is 12.6. The van der Waals surface area contributed by atoms with Crippen molar-refractivity contribution in [2.24, 2.45) is 0 Å². The Labute approximate surface area is 224 Å². The lowest BCUT2D eigenvalue weighted by atomic mass is 9.98. The van der Waals surface area contributed by atoms with Crippen molar-refractivity contribution in [3.8, 4) is 0 Å². The molecule has 4 rings (SSSR count). The number of rotatable bonds is 8. The highest BCUT2D eigenvalue weighted by Crippen LogP contribution is 2.38. The van der Waals surface area contributed by atoms with E-state index in [0.29, 0.717) is 0 Å². The predicted molar refractivity (Wildman–Crippen MR) is 146 cm³/mol. The van der Waals surface area contributed by atoms with Gasteiger partial charge in [0.25, 0.3) is 8.32 Å². The summed E-state index contributed by atoms with van der Waals surface area (Å²) in [6.07, 6.45) is -3.34. The number of carbonyl (C=O) groups is 2. The highest BCUT2D eigenvalue weighted by Gasteiger charge is 2.58. The Kier molecular flexibility index (Phi) is 8.06. The lowest BCUT2D eigenvalue weighted by Gasteiger charge is -2.43. The summed E-state index contributed by atoms with van der Waals surface area (Å²) in [5.74, 6) is -0.880. The number of esters is 1. The van der Waals surface area contributed by atoms with Crippen LogP contribution in [0.4, 0.5) is 4.79 Å². The first-order valence-corrected chi connectivity index (χ1v) is 14.5. The number of ether oxygens (including phenoxy) is 3. The highest BCUT2D eigenvalue weighted by molar-refractivity contribution is 6.99. The highest BCUT2D eigenvalue weighted by atomic mass is 28.4. The molecule has 0 amide bonds. The Bertz CT molecular complexity index is 1180. The maximum absolute atomic E-state index is 12.6. The molecular formula is C30H34O7Si. The second kappa shape index (κ2) is 11.1. The molecule has 0 aliphatic carbocycles. The summed E-state index contributed by atoms with van der Waals surface area (Å²) >= 11 is 0. The third kappa shape index (κ3) is 5.52. The van der Waals surface area contributed by atoms with E-state index < -0.39 is 38.3 Å². The van der Waals surface area contributed by atoms with Gasteiger partial charge >= 0.3 is 12.1 Å². The van der Waals surface area contributed by atoms with Crippen LogP contribution < -0.4 is 10.4 Å². The van der Waals surface area contributed by atoms with Gasteiger partial charge in [-0.15, -0.1) is 0 Å². The lowest BCUT2D eigenvalue weighted by Crippen LogP contribution is -2.67. The number of benzene rings is 3. The molecule has 7 nitrogen and oxygen atoms in total. The van der Waals surface area contributed by atoms with Crippen LogP contribution in [-0.4, -0.2) is 50.0 Å². The molecule has 3 aromatic carbocycles. The fraction of sp³-hybridized carbons (Fsp3) is 0.333. The molecule has 3 aromatic rings. The van der Waals surface area contributed by atoms with Crippen molar-refractivity contribution in [1.29, 1.82) is 0 Å². The van der Waals surface area contributed by atoms with E-state index in [-0.39, 0.29) is 18.3 Å². The molecule has 0 spiro atoms. The van der Waals surface area contributed by atoms with Crippen molar-refractivity contribution in [3.05, 3.63) is 96.6 Å². The fourth-order valence-electron chi connectivity index (χ4n) is 4.93. The van der Waals surface area contributed by atoms with E-state index in [2.05, 4.69) is 45.0 Å². The van der Waals surface area contributed by atoms with Crippen LogP contribution in [0.15, 0.2) is 91.0 Å². The Hall–Kier alpha value is -3.46. The zero-order valence-corrected chi connectivity index (χ0v) is 23.1. The molecule has 38 heavy (non-hydrogen) atoms. The molecule has 1 saturated heterocycles. The Balaban J connectivity index is 1.60. The van der Waals surface area contributed by atoms with Crippen molar-refractivity contribution in [2.75, 3.05) is 6.61 Å². The molecule has 0 unspecified atom stereocenters. The standard InChI is InChI=1S/C30H34O7Si/c1-29(2,3)38(23-16-10-6-11-17-23,24-18-12-7-13-19-24)35-21-25-26(30(4,33)27(31)36-25)37-28(32)34-20-22-14-8-5-9-15-22/h5-19,25-26,33H,20-21H2,1-4H3/t25-,26-,30+/m1/s1. The molecule has 1 aliphatic heterocycles. The first-order chi connectivity index (χ1) is 18.1. The van der Waals surface area contributed by atoms with E-state index in [1.807, 2.05) is 66.7 Å². The van der Waals surface area contributed by atoms with Gasteiger partial charge in [-0.1, -0.05) is 112 Å². The van der Waals surface area contributed by atoms with Crippen LogP contribution >= 0.6 is 0 Å². The minimum Gasteiger partial charge on any atom is -0.454 e. The van der Waals surface area contributed by atoms with Gasteiger partial charge < -0.3 is 23.7 Å². The third-order valence-electron chi connectivity index (χ3n) is 6.87. The van der Waals surface area contributed by atoms with Crippen molar-refractivity contribution in [3.63, 3.8) is 0 Å². The van der Waals surface area contributed by atoms with E-state index in [9.17, 15) is 14.7 Å². The SMILES string of the molecule is CC(C)(C)[Si](OC[C@H]1OC(=O)[C@@](C)(O)[C@@H]1OC(=O)OCc1ccccc1)(c1ccccc1)c1ccccc1. The second-order valence-electron chi connectivity index (χ2n) is 10.6. The van der Waals surface area contributed by atoms with Gasteiger partial charge in [-0.2, -0.15) is 0 Å². The summed E-state index contributed by atoms with van der Waals surface area (Å²) in [5, 5.41) is 12.7. The summed E-state index contributed by atoms with van der Waals surface area (Å²) < 4.78 is 23.1. The smallest absolute Gasteiger partial charge is 0.454 e. The van der Waals surface area contributed by atoms with Gasteiger partial charge in [0.1, 0.15) is 6.61 Å². The van der Waals surface area contributed by atoms with Crippen LogP contribution in [0.2, 0.25) is 5.04 Å². The first-order valence-electron chi connectivity index (χ1n) is 12.6. The molecular weight excluding hydrogens is 500 g/mol. The van der Waals surface area contributed by atoms with Gasteiger partial charge in [-0.25, -0.2) is 9.59 Å². The molecule has 200 valence electrons. The van der Waals surface area contributed by atoms with Crippen LogP contribution in [0.3, 0.4) is 0 Å². The molecule has 1 heterocycles. The lowest BCUT2D eigenvalue weighted by molar-refractivity contribution is -0.155. The van der Waals surface area contributed by atoms with Crippen LogP contribution in [0.25, 0.3) is 0 Å². The normalized spacial score (nSPS) is 21.6. The zero-order valence-electron chi connectivity index (χ0n) is 22.1. The minimum absolute atomic E-state index is 0.00737. The summed E-state index contributed by atoms with van der Waals surface area (Å²) in [6, 6.07) is 29.2. The predicted octanol–water partition coefficient (Wildman–Crippen LogP) is 3.96. The Morgan fingerprint density at radius 2 is 1.42 bits per heavy atom. The molecule has 0 aromatic heterocycles.